The Morgan fingerprint density at radius 3 is 2.67 bits per heavy atom. The van der Waals surface area contributed by atoms with Crippen LogP contribution in [0.4, 0.5) is 0 Å². The lowest BCUT2D eigenvalue weighted by molar-refractivity contribution is -0.134. The van der Waals surface area contributed by atoms with E-state index in [-0.39, 0.29) is 18.1 Å². The average molecular weight is 226 g/mol. The average Bonchev–Trinajstić information content (AvgIpc) is 2.50. The van der Waals surface area contributed by atoms with Crippen molar-refractivity contribution < 1.29 is 9.59 Å². The Hall–Kier alpha value is -1.23. The van der Waals surface area contributed by atoms with Gasteiger partial charge in [-0.3, -0.25) is 9.59 Å². The summed E-state index contributed by atoms with van der Waals surface area (Å²) < 4.78 is 0. The molecule has 0 saturated carbocycles. The van der Waals surface area contributed by atoms with Crippen LogP contribution in [0.3, 0.4) is 0 Å². The largest absolute Gasteiger partial charge is 0.340 e. The van der Waals surface area contributed by atoms with E-state index in [1.54, 1.807) is 29.5 Å². The van der Waals surface area contributed by atoms with Crippen LogP contribution in [0.25, 0.3) is 0 Å². The number of aromatic nitrogens is 1. The number of Topliss-reactive ketones (excluding diaryl/α,β-unsaturated/α-hetero) is 1. The maximum absolute atomic E-state index is 11.5. The molecule has 1 aromatic rings. The fraction of sp³-hybridized carbons (Fsp3) is 0.500. The van der Waals surface area contributed by atoms with Crippen molar-refractivity contribution in [3.63, 3.8) is 0 Å². The first-order valence-electron chi connectivity index (χ1n) is 4.63. The van der Waals surface area contributed by atoms with E-state index in [0.717, 1.165) is 9.88 Å². The molecule has 5 heteroatoms. The number of hydrogen-bond donors (Lipinski definition) is 0. The van der Waals surface area contributed by atoms with E-state index in [0.29, 0.717) is 6.54 Å². The predicted octanol–water partition coefficient (Wildman–Crippen LogP) is 1.39. The Kier molecular flexibility index (Phi) is 3.96. The SMILES string of the molecule is CC(=O)CC(=O)N(C)Cc1cnc(C)s1. The molecule has 0 bridgehead atoms. The summed E-state index contributed by atoms with van der Waals surface area (Å²) in [4.78, 5) is 28.9. The van der Waals surface area contributed by atoms with Gasteiger partial charge in [-0.2, -0.15) is 0 Å². The van der Waals surface area contributed by atoms with Gasteiger partial charge in [0.2, 0.25) is 5.91 Å². The minimum absolute atomic E-state index is 0.0196. The van der Waals surface area contributed by atoms with Crippen LogP contribution in [0.1, 0.15) is 23.2 Å². The fourth-order valence-corrected chi connectivity index (χ4v) is 2.00. The van der Waals surface area contributed by atoms with E-state index in [9.17, 15) is 9.59 Å². The van der Waals surface area contributed by atoms with Gasteiger partial charge in [-0.05, 0) is 13.8 Å². The molecular formula is C10H14N2O2S. The van der Waals surface area contributed by atoms with E-state index in [1.807, 2.05) is 6.92 Å². The number of ketones is 1. The number of carbonyl (C=O) groups excluding carboxylic acids is 2. The minimum Gasteiger partial charge on any atom is -0.340 e. The van der Waals surface area contributed by atoms with Gasteiger partial charge in [0.05, 0.1) is 18.0 Å². The normalized spacial score (nSPS) is 10.1. The van der Waals surface area contributed by atoms with Gasteiger partial charge >= 0.3 is 0 Å². The van der Waals surface area contributed by atoms with Gasteiger partial charge in [-0.25, -0.2) is 4.98 Å². The molecule has 0 N–H and O–H groups in total. The third kappa shape index (κ3) is 3.79. The highest BCUT2D eigenvalue weighted by molar-refractivity contribution is 7.11. The lowest BCUT2D eigenvalue weighted by Gasteiger charge is -2.14. The molecule has 0 aliphatic rings. The second kappa shape index (κ2) is 5.02. The number of thiazole rings is 1. The summed E-state index contributed by atoms with van der Waals surface area (Å²) in [7, 11) is 1.69. The maximum Gasteiger partial charge on any atom is 0.230 e. The van der Waals surface area contributed by atoms with E-state index in [1.165, 1.54) is 6.92 Å². The summed E-state index contributed by atoms with van der Waals surface area (Å²) in [6.07, 6.45) is 1.74. The van der Waals surface area contributed by atoms with Crippen molar-refractivity contribution in [1.82, 2.24) is 9.88 Å². The molecule has 0 aliphatic heterocycles. The van der Waals surface area contributed by atoms with Gasteiger partial charge in [-0.15, -0.1) is 11.3 Å². The molecule has 82 valence electrons. The highest BCUT2D eigenvalue weighted by Gasteiger charge is 2.12. The zero-order chi connectivity index (χ0) is 11.4. The third-order valence-corrected chi connectivity index (χ3v) is 2.79. The lowest BCUT2D eigenvalue weighted by Crippen LogP contribution is -2.27. The maximum atomic E-state index is 11.5. The summed E-state index contributed by atoms with van der Waals surface area (Å²) in [6, 6.07) is 0. The van der Waals surface area contributed by atoms with E-state index in [2.05, 4.69) is 4.98 Å². The number of aryl methyl sites for hydroxylation is 1. The molecule has 0 saturated heterocycles. The van der Waals surface area contributed by atoms with Crippen molar-refractivity contribution >= 4 is 23.0 Å². The number of amides is 1. The Balaban J connectivity index is 2.51. The number of hydrogen-bond acceptors (Lipinski definition) is 4. The predicted molar refractivity (Wildman–Crippen MR) is 58.6 cm³/mol. The number of nitrogens with zero attached hydrogens (tertiary/aromatic N) is 2. The molecule has 0 radical (unpaired) electrons. The lowest BCUT2D eigenvalue weighted by atomic mass is 10.3. The Labute approximate surface area is 92.9 Å². The summed E-state index contributed by atoms with van der Waals surface area (Å²) in [5, 5.41) is 0.984. The van der Waals surface area contributed by atoms with Gasteiger partial charge in [0.25, 0.3) is 0 Å². The first-order valence-corrected chi connectivity index (χ1v) is 5.45. The molecule has 1 amide bonds. The van der Waals surface area contributed by atoms with Gasteiger partial charge in [0, 0.05) is 18.1 Å². The molecule has 0 spiro atoms. The van der Waals surface area contributed by atoms with Crippen LogP contribution in [0.15, 0.2) is 6.20 Å². The zero-order valence-electron chi connectivity index (χ0n) is 9.11. The second-order valence-electron chi connectivity index (χ2n) is 3.47. The van der Waals surface area contributed by atoms with E-state index < -0.39 is 0 Å². The zero-order valence-corrected chi connectivity index (χ0v) is 9.93. The molecule has 0 aromatic carbocycles. The molecule has 0 atom stereocenters. The quantitative estimate of drug-likeness (QED) is 0.729. The van der Waals surface area contributed by atoms with Crippen molar-refractivity contribution in [3.8, 4) is 0 Å². The molecule has 4 nitrogen and oxygen atoms in total. The first kappa shape index (κ1) is 11.8. The van der Waals surface area contributed by atoms with Gasteiger partial charge < -0.3 is 4.90 Å². The summed E-state index contributed by atoms with van der Waals surface area (Å²) in [5.74, 6) is -0.249. The van der Waals surface area contributed by atoms with Crippen LogP contribution in [0.2, 0.25) is 0 Å². The highest BCUT2D eigenvalue weighted by Crippen LogP contribution is 2.13. The summed E-state index contributed by atoms with van der Waals surface area (Å²) in [6.45, 7) is 3.87. The van der Waals surface area contributed by atoms with E-state index in [4.69, 9.17) is 0 Å². The molecule has 15 heavy (non-hydrogen) atoms. The molecule has 0 unspecified atom stereocenters. The van der Waals surface area contributed by atoms with Gasteiger partial charge in [-0.1, -0.05) is 0 Å². The number of rotatable bonds is 4. The standard InChI is InChI=1S/C10H14N2O2S/c1-7(13)4-10(14)12(3)6-9-5-11-8(2)15-9/h5H,4,6H2,1-3H3. The summed E-state index contributed by atoms with van der Waals surface area (Å²) in [5.41, 5.74) is 0. The molecule has 1 heterocycles. The monoisotopic (exact) mass is 226 g/mol. The van der Waals surface area contributed by atoms with E-state index >= 15 is 0 Å². The molecule has 1 aromatic heterocycles. The first-order chi connectivity index (χ1) is 6.99. The van der Waals surface area contributed by atoms with Crippen LogP contribution in [-0.2, 0) is 16.1 Å². The van der Waals surface area contributed by atoms with Crippen LogP contribution >= 0.6 is 11.3 Å². The molecule has 0 fully saturated rings. The molecular weight excluding hydrogens is 212 g/mol. The number of carbonyl (C=O) groups is 2. The Morgan fingerprint density at radius 1 is 1.53 bits per heavy atom. The van der Waals surface area contributed by atoms with Crippen LogP contribution < -0.4 is 0 Å². The Morgan fingerprint density at radius 2 is 2.20 bits per heavy atom. The van der Waals surface area contributed by atoms with Crippen LogP contribution in [0, 0.1) is 6.92 Å². The van der Waals surface area contributed by atoms with Gasteiger partial charge in [0.1, 0.15) is 5.78 Å². The third-order valence-electron chi connectivity index (χ3n) is 1.89. The Bertz CT molecular complexity index is 373. The van der Waals surface area contributed by atoms with Crippen molar-refractivity contribution in [3.05, 3.63) is 16.1 Å². The highest BCUT2D eigenvalue weighted by atomic mass is 32.1. The molecule has 1 rings (SSSR count). The second-order valence-corrected chi connectivity index (χ2v) is 4.79. The fourth-order valence-electron chi connectivity index (χ4n) is 1.15. The van der Waals surface area contributed by atoms with Crippen molar-refractivity contribution in [2.24, 2.45) is 0 Å². The van der Waals surface area contributed by atoms with Crippen molar-refractivity contribution in [2.45, 2.75) is 26.8 Å². The molecule has 0 aliphatic carbocycles. The summed E-state index contributed by atoms with van der Waals surface area (Å²) >= 11 is 1.56. The van der Waals surface area contributed by atoms with Gasteiger partial charge in [0.15, 0.2) is 0 Å². The minimum atomic E-state index is -0.145. The van der Waals surface area contributed by atoms with Crippen molar-refractivity contribution in [1.29, 1.82) is 0 Å². The smallest absolute Gasteiger partial charge is 0.230 e. The van der Waals surface area contributed by atoms with Crippen LogP contribution in [-0.4, -0.2) is 28.6 Å². The van der Waals surface area contributed by atoms with Crippen molar-refractivity contribution in [2.75, 3.05) is 7.05 Å². The van der Waals surface area contributed by atoms with Crippen LogP contribution in [0.5, 0.6) is 0 Å². The topological polar surface area (TPSA) is 50.3 Å².